The molecule has 0 spiro atoms. The maximum Gasteiger partial charge on any atom is 0.216 e. The van der Waals surface area contributed by atoms with E-state index in [0.717, 1.165) is 22.9 Å². The first-order chi connectivity index (χ1) is 11.4. The Labute approximate surface area is 145 Å². The minimum absolute atomic E-state index is 0.245. The summed E-state index contributed by atoms with van der Waals surface area (Å²) in [6, 6.07) is 4.80. The fourth-order valence-electron chi connectivity index (χ4n) is 3.07. The van der Waals surface area contributed by atoms with Crippen molar-refractivity contribution in [2.45, 2.75) is 53.6 Å². The SMILES string of the molecule is Cc1cc(C)c(C2=N[C@@H](C(C)C)CO2)cc1C1=N[C@@H](C(C)C)CO1. The molecule has 4 nitrogen and oxygen atoms in total. The van der Waals surface area contributed by atoms with Crippen molar-refractivity contribution < 1.29 is 9.47 Å². The monoisotopic (exact) mass is 328 g/mol. The van der Waals surface area contributed by atoms with Gasteiger partial charge in [-0.2, -0.15) is 0 Å². The van der Waals surface area contributed by atoms with Gasteiger partial charge >= 0.3 is 0 Å². The topological polar surface area (TPSA) is 43.2 Å². The van der Waals surface area contributed by atoms with Gasteiger partial charge in [0.1, 0.15) is 13.2 Å². The molecular weight excluding hydrogens is 300 g/mol. The zero-order chi connectivity index (χ0) is 17.4. The van der Waals surface area contributed by atoms with Crippen LogP contribution in [0.15, 0.2) is 22.1 Å². The lowest BCUT2D eigenvalue weighted by Gasteiger charge is -2.12. The number of hydrogen-bond acceptors (Lipinski definition) is 4. The smallest absolute Gasteiger partial charge is 0.216 e. The van der Waals surface area contributed by atoms with E-state index in [2.05, 4.69) is 53.7 Å². The predicted molar refractivity (Wildman–Crippen MR) is 98.1 cm³/mol. The van der Waals surface area contributed by atoms with Gasteiger partial charge in [0.25, 0.3) is 0 Å². The molecule has 0 saturated heterocycles. The third-order valence-corrected chi connectivity index (χ3v) is 4.92. The van der Waals surface area contributed by atoms with Crippen molar-refractivity contribution in [1.82, 2.24) is 0 Å². The van der Waals surface area contributed by atoms with Crippen LogP contribution in [0.4, 0.5) is 0 Å². The molecule has 2 atom stereocenters. The predicted octanol–water partition coefficient (Wildman–Crippen LogP) is 3.91. The molecule has 3 rings (SSSR count). The second kappa shape index (κ2) is 6.58. The Hall–Kier alpha value is -1.84. The zero-order valence-corrected chi connectivity index (χ0v) is 15.6. The van der Waals surface area contributed by atoms with Crippen LogP contribution in [0.5, 0.6) is 0 Å². The Bertz CT molecular complexity index is 634. The van der Waals surface area contributed by atoms with Gasteiger partial charge in [-0.1, -0.05) is 33.8 Å². The molecule has 0 aromatic heterocycles. The van der Waals surface area contributed by atoms with Gasteiger partial charge in [0.2, 0.25) is 11.8 Å². The molecule has 0 aliphatic carbocycles. The fourth-order valence-corrected chi connectivity index (χ4v) is 3.07. The first-order valence-corrected chi connectivity index (χ1v) is 8.90. The Balaban J connectivity index is 1.96. The van der Waals surface area contributed by atoms with Crippen molar-refractivity contribution in [3.8, 4) is 0 Å². The zero-order valence-electron chi connectivity index (χ0n) is 15.6. The van der Waals surface area contributed by atoms with Gasteiger partial charge in [-0.15, -0.1) is 0 Å². The Morgan fingerprint density at radius 1 is 0.792 bits per heavy atom. The lowest BCUT2D eigenvalue weighted by molar-refractivity contribution is 0.291. The Morgan fingerprint density at radius 2 is 1.21 bits per heavy atom. The van der Waals surface area contributed by atoms with Gasteiger partial charge < -0.3 is 9.47 Å². The Kier molecular flexibility index (Phi) is 4.66. The maximum absolute atomic E-state index is 5.88. The summed E-state index contributed by atoms with van der Waals surface area (Å²) in [5, 5.41) is 0. The third-order valence-electron chi connectivity index (χ3n) is 4.92. The average molecular weight is 328 g/mol. The van der Waals surface area contributed by atoms with Crippen LogP contribution in [0, 0.1) is 25.7 Å². The van der Waals surface area contributed by atoms with Crippen molar-refractivity contribution in [2.75, 3.05) is 13.2 Å². The van der Waals surface area contributed by atoms with E-state index in [0.29, 0.717) is 25.0 Å². The maximum atomic E-state index is 5.88. The van der Waals surface area contributed by atoms with Gasteiger partial charge in [-0.3, -0.25) is 0 Å². The summed E-state index contributed by atoms with van der Waals surface area (Å²) in [4.78, 5) is 9.55. The van der Waals surface area contributed by atoms with Crippen molar-refractivity contribution in [2.24, 2.45) is 21.8 Å². The van der Waals surface area contributed by atoms with Crippen LogP contribution in [-0.4, -0.2) is 37.1 Å². The summed E-state index contributed by atoms with van der Waals surface area (Å²) in [5.41, 5.74) is 4.47. The highest BCUT2D eigenvalue weighted by Gasteiger charge is 2.27. The van der Waals surface area contributed by atoms with Crippen molar-refractivity contribution >= 4 is 11.8 Å². The number of rotatable bonds is 4. The van der Waals surface area contributed by atoms with Gasteiger partial charge in [0, 0.05) is 11.1 Å². The number of benzene rings is 1. The van der Waals surface area contributed by atoms with Crippen LogP contribution in [0.1, 0.15) is 49.9 Å². The van der Waals surface area contributed by atoms with E-state index >= 15 is 0 Å². The molecule has 0 N–H and O–H groups in total. The molecule has 0 bridgehead atoms. The van der Waals surface area contributed by atoms with Crippen molar-refractivity contribution in [1.29, 1.82) is 0 Å². The quantitative estimate of drug-likeness (QED) is 0.841. The highest BCUT2D eigenvalue weighted by Crippen LogP contribution is 2.25. The number of aryl methyl sites for hydroxylation is 2. The Morgan fingerprint density at radius 3 is 1.54 bits per heavy atom. The number of ether oxygens (including phenoxy) is 2. The van der Waals surface area contributed by atoms with Crippen LogP contribution in [0.2, 0.25) is 0 Å². The number of aliphatic imine (C=N–C) groups is 2. The molecule has 1 aromatic carbocycles. The van der Waals surface area contributed by atoms with Crippen LogP contribution in [-0.2, 0) is 9.47 Å². The van der Waals surface area contributed by atoms with E-state index in [4.69, 9.17) is 19.5 Å². The molecule has 0 unspecified atom stereocenters. The molecule has 0 fully saturated rings. The summed E-state index contributed by atoms with van der Waals surface area (Å²) in [6.07, 6.45) is 0. The van der Waals surface area contributed by atoms with E-state index in [1.54, 1.807) is 0 Å². The molecule has 1 aromatic rings. The van der Waals surface area contributed by atoms with Gasteiger partial charge in [0.05, 0.1) is 12.1 Å². The first-order valence-electron chi connectivity index (χ1n) is 8.90. The van der Waals surface area contributed by atoms with Crippen LogP contribution in [0.3, 0.4) is 0 Å². The standard InChI is InChI=1S/C20H28N2O2/c1-11(2)17-9-23-19(21-17)15-8-16(14(6)7-13(15)5)20-22-18(10-24-20)12(3)4/h7-8,11-12,17-18H,9-10H2,1-6H3/t17-,18-/m1/s1. The second-order valence-corrected chi connectivity index (χ2v) is 7.60. The second-order valence-electron chi connectivity index (χ2n) is 7.60. The minimum Gasteiger partial charge on any atom is -0.475 e. The summed E-state index contributed by atoms with van der Waals surface area (Å²) in [6.45, 7) is 14.3. The molecule has 0 amide bonds. The molecule has 0 radical (unpaired) electrons. The van der Waals surface area contributed by atoms with Crippen molar-refractivity contribution in [3.63, 3.8) is 0 Å². The molecule has 2 heterocycles. The largest absolute Gasteiger partial charge is 0.475 e. The number of hydrogen-bond donors (Lipinski definition) is 0. The molecule has 2 aliphatic rings. The summed E-state index contributed by atoms with van der Waals surface area (Å²) in [5.74, 6) is 2.49. The summed E-state index contributed by atoms with van der Waals surface area (Å²) in [7, 11) is 0. The lowest BCUT2D eigenvalue weighted by atomic mass is 9.99. The van der Waals surface area contributed by atoms with E-state index in [9.17, 15) is 0 Å². The van der Waals surface area contributed by atoms with Crippen molar-refractivity contribution in [3.05, 3.63) is 34.4 Å². The van der Waals surface area contributed by atoms with Crippen LogP contribution in [0.25, 0.3) is 0 Å². The fraction of sp³-hybridized carbons (Fsp3) is 0.600. The highest BCUT2D eigenvalue weighted by molar-refractivity contribution is 6.02. The molecule has 2 aliphatic heterocycles. The van der Waals surface area contributed by atoms with Gasteiger partial charge in [-0.25, -0.2) is 9.98 Å². The van der Waals surface area contributed by atoms with Crippen LogP contribution >= 0.6 is 0 Å². The molecule has 4 heteroatoms. The van der Waals surface area contributed by atoms with Crippen LogP contribution < -0.4 is 0 Å². The summed E-state index contributed by atoms with van der Waals surface area (Å²) >= 11 is 0. The van der Waals surface area contributed by atoms with E-state index < -0.39 is 0 Å². The molecular formula is C20H28N2O2. The molecule has 0 saturated carbocycles. The number of nitrogens with zero attached hydrogens (tertiary/aromatic N) is 2. The van der Waals surface area contributed by atoms with Gasteiger partial charge in [-0.05, 0) is 42.9 Å². The van der Waals surface area contributed by atoms with E-state index in [1.807, 2.05) is 0 Å². The lowest BCUT2D eigenvalue weighted by Crippen LogP contribution is -2.13. The minimum atomic E-state index is 0.245. The first kappa shape index (κ1) is 17.0. The molecule has 130 valence electrons. The van der Waals surface area contributed by atoms with Gasteiger partial charge in [0.15, 0.2) is 0 Å². The molecule has 24 heavy (non-hydrogen) atoms. The van der Waals surface area contributed by atoms with E-state index in [1.165, 1.54) is 11.1 Å². The normalized spacial score (nSPS) is 23.3. The van der Waals surface area contributed by atoms with E-state index in [-0.39, 0.29) is 12.1 Å². The average Bonchev–Trinajstić information content (AvgIpc) is 3.16. The summed E-state index contributed by atoms with van der Waals surface area (Å²) < 4.78 is 11.8. The third kappa shape index (κ3) is 3.19. The highest BCUT2D eigenvalue weighted by atomic mass is 16.5.